The number of rotatable bonds is 7. The van der Waals surface area contributed by atoms with Crippen molar-refractivity contribution in [2.45, 2.75) is 52.8 Å². The lowest BCUT2D eigenvalue weighted by molar-refractivity contribution is -0.132. The normalized spacial score (nSPS) is 12.0. The second kappa shape index (κ2) is 10.8. The molecule has 9 heteroatoms. The summed E-state index contributed by atoms with van der Waals surface area (Å²) < 4.78 is 38.5. The Bertz CT molecular complexity index is 526. The number of guanidine groups is 1. The molecule has 0 bridgehead atoms. The Morgan fingerprint density at radius 2 is 1.83 bits per heavy atom. The molecule has 0 saturated carbocycles. The zero-order valence-electron chi connectivity index (χ0n) is 14.6. The number of nitrogens with zero attached hydrogens (tertiary/aromatic N) is 3. The Morgan fingerprint density at radius 3 is 2.33 bits per heavy atom. The molecule has 1 aromatic heterocycles. The van der Waals surface area contributed by atoms with Gasteiger partial charge in [-0.15, -0.1) is 24.0 Å². The minimum atomic E-state index is -4.17. The Balaban J connectivity index is 0.00000529. The molecule has 0 fully saturated rings. The molecule has 0 atom stereocenters. The van der Waals surface area contributed by atoms with E-state index < -0.39 is 12.6 Å². The summed E-state index contributed by atoms with van der Waals surface area (Å²) in [5.41, 5.74) is 3.15. The molecule has 0 aromatic carbocycles. The van der Waals surface area contributed by atoms with E-state index in [1.165, 1.54) is 0 Å². The first kappa shape index (κ1) is 23.0. The van der Waals surface area contributed by atoms with Crippen molar-refractivity contribution in [1.29, 1.82) is 0 Å². The number of hydrogen-bond acceptors (Lipinski definition) is 2. The van der Waals surface area contributed by atoms with Crippen LogP contribution in [0.2, 0.25) is 0 Å². The Hall–Kier alpha value is -1.00. The van der Waals surface area contributed by atoms with Gasteiger partial charge in [-0.2, -0.15) is 18.3 Å². The molecule has 0 spiro atoms. The van der Waals surface area contributed by atoms with Gasteiger partial charge in [-0.05, 0) is 19.8 Å². The highest BCUT2D eigenvalue weighted by molar-refractivity contribution is 14.0. The molecule has 0 aliphatic carbocycles. The van der Waals surface area contributed by atoms with Crippen LogP contribution in [0.15, 0.2) is 4.99 Å². The summed E-state index contributed by atoms with van der Waals surface area (Å²) in [5, 5.41) is 10.2. The summed E-state index contributed by atoms with van der Waals surface area (Å²) in [4.78, 5) is 4.41. The number of halogens is 4. The zero-order valence-corrected chi connectivity index (χ0v) is 17.0. The van der Waals surface area contributed by atoms with Crippen LogP contribution in [0, 0.1) is 0 Å². The molecular weight excluding hydrogens is 434 g/mol. The molecule has 2 N–H and O–H groups in total. The van der Waals surface area contributed by atoms with Crippen molar-refractivity contribution in [2.24, 2.45) is 12.0 Å². The fourth-order valence-electron chi connectivity index (χ4n) is 2.39. The second-order valence-corrected chi connectivity index (χ2v) is 5.19. The summed E-state index contributed by atoms with van der Waals surface area (Å²) in [6.45, 7) is 6.76. The minimum absolute atomic E-state index is 0. The second-order valence-electron chi connectivity index (χ2n) is 5.19. The summed E-state index contributed by atoms with van der Waals surface area (Å²) in [7, 11) is 1.90. The minimum Gasteiger partial charge on any atom is -0.357 e. The number of aryl methyl sites for hydroxylation is 2. The van der Waals surface area contributed by atoms with Gasteiger partial charge in [-0.3, -0.25) is 4.68 Å². The van der Waals surface area contributed by atoms with Crippen LogP contribution in [0.5, 0.6) is 0 Å². The lowest BCUT2D eigenvalue weighted by Crippen LogP contribution is -2.38. The van der Waals surface area contributed by atoms with Crippen LogP contribution in [0.4, 0.5) is 13.2 Å². The van der Waals surface area contributed by atoms with E-state index in [-0.39, 0.29) is 30.5 Å². The molecule has 0 saturated heterocycles. The van der Waals surface area contributed by atoms with Crippen molar-refractivity contribution in [3.63, 3.8) is 0 Å². The van der Waals surface area contributed by atoms with Crippen molar-refractivity contribution in [3.8, 4) is 0 Å². The molecule has 0 unspecified atom stereocenters. The molecule has 1 rings (SSSR count). The molecule has 5 nitrogen and oxygen atoms in total. The van der Waals surface area contributed by atoms with E-state index in [4.69, 9.17) is 0 Å². The Kier molecular flexibility index (Phi) is 10.3. The van der Waals surface area contributed by atoms with Crippen LogP contribution >= 0.6 is 24.0 Å². The van der Waals surface area contributed by atoms with Crippen molar-refractivity contribution < 1.29 is 13.2 Å². The summed E-state index contributed by atoms with van der Waals surface area (Å²) >= 11 is 0. The van der Waals surface area contributed by atoms with Crippen LogP contribution in [0.1, 0.15) is 44.1 Å². The fraction of sp³-hybridized carbons (Fsp3) is 0.733. The molecule has 1 heterocycles. The highest BCUT2D eigenvalue weighted by Crippen LogP contribution is 2.18. The van der Waals surface area contributed by atoms with Crippen LogP contribution in [-0.2, 0) is 26.4 Å². The molecule has 0 aliphatic rings. The third-order valence-corrected chi connectivity index (χ3v) is 3.47. The van der Waals surface area contributed by atoms with Gasteiger partial charge in [0.2, 0.25) is 0 Å². The maximum atomic E-state index is 12.2. The van der Waals surface area contributed by atoms with Crippen LogP contribution < -0.4 is 10.6 Å². The van der Waals surface area contributed by atoms with Gasteiger partial charge in [0.25, 0.3) is 0 Å². The van der Waals surface area contributed by atoms with Gasteiger partial charge in [-0.1, -0.05) is 13.8 Å². The highest BCUT2D eigenvalue weighted by atomic mass is 127. The van der Waals surface area contributed by atoms with Gasteiger partial charge in [0.05, 0.1) is 18.7 Å². The summed E-state index contributed by atoms with van der Waals surface area (Å²) in [6, 6.07) is 0. The van der Waals surface area contributed by atoms with E-state index in [2.05, 4.69) is 27.6 Å². The topological polar surface area (TPSA) is 54.2 Å². The number of aromatic nitrogens is 2. The van der Waals surface area contributed by atoms with E-state index >= 15 is 0 Å². The van der Waals surface area contributed by atoms with Crippen molar-refractivity contribution in [1.82, 2.24) is 20.4 Å². The number of alkyl halides is 3. The maximum Gasteiger partial charge on any atom is 0.390 e. The first-order valence-electron chi connectivity index (χ1n) is 7.94. The van der Waals surface area contributed by atoms with E-state index in [9.17, 15) is 13.2 Å². The predicted octanol–water partition coefficient (Wildman–Crippen LogP) is 3.17. The fourth-order valence-corrected chi connectivity index (χ4v) is 2.39. The standard InChI is InChI=1S/C15H26F3N5.HI/c1-5-12-11(13(6-2)23(4)22-12)10-21-14(19-7-3)20-9-8-15(16,17)18;/h5-10H2,1-4H3,(H2,19,20,21);1H. The molecule has 140 valence electrons. The lowest BCUT2D eigenvalue weighted by atomic mass is 10.1. The number of nitrogens with one attached hydrogen (secondary N) is 2. The zero-order chi connectivity index (χ0) is 17.5. The van der Waals surface area contributed by atoms with E-state index in [0.29, 0.717) is 19.0 Å². The molecule has 0 radical (unpaired) electrons. The van der Waals surface area contributed by atoms with Gasteiger partial charge < -0.3 is 10.6 Å². The molecule has 0 amide bonds. The molecule has 1 aromatic rings. The van der Waals surface area contributed by atoms with Gasteiger partial charge in [0, 0.05) is 31.4 Å². The van der Waals surface area contributed by atoms with Crippen molar-refractivity contribution in [3.05, 3.63) is 17.0 Å². The quantitative estimate of drug-likeness (QED) is 0.373. The predicted molar refractivity (Wildman–Crippen MR) is 101 cm³/mol. The third-order valence-electron chi connectivity index (χ3n) is 3.47. The molecule has 0 aliphatic heterocycles. The lowest BCUT2D eigenvalue weighted by Gasteiger charge is -2.12. The highest BCUT2D eigenvalue weighted by Gasteiger charge is 2.26. The van der Waals surface area contributed by atoms with E-state index in [1.54, 1.807) is 0 Å². The van der Waals surface area contributed by atoms with Gasteiger partial charge in [-0.25, -0.2) is 4.99 Å². The largest absolute Gasteiger partial charge is 0.390 e. The van der Waals surface area contributed by atoms with Crippen LogP contribution in [0.3, 0.4) is 0 Å². The first-order valence-corrected chi connectivity index (χ1v) is 7.94. The average Bonchev–Trinajstić information content (AvgIpc) is 2.78. The SMILES string of the molecule is CCNC(=NCc1c(CC)nn(C)c1CC)NCCC(F)(F)F.I. The Labute approximate surface area is 158 Å². The van der Waals surface area contributed by atoms with Gasteiger partial charge in [0.15, 0.2) is 5.96 Å². The summed E-state index contributed by atoms with van der Waals surface area (Å²) in [6.07, 6.45) is -3.41. The molecule has 24 heavy (non-hydrogen) atoms. The number of hydrogen-bond donors (Lipinski definition) is 2. The van der Waals surface area contributed by atoms with E-state index in [1.807, 2.05) is 25.6 Å². The van der Waals surface area contributed by atoms with Gasteiger partial charge in [0.1, 0.15) is 0 Å². The smallest absolute Gasteiger partial charge is 0.357 e. The maximum absolute atomic E-state index is 12.2. The summed E-state index contributed by atoms with van der Waals surface area (Å²) in [5.74, 6) is 0.393. The average molecular weight is 461 g/mol. The third kappa shape index (κ3) is 7.27. The van der Waals surface area contributed by atoms with Gasteiger partial charge >= 0.3 is 6.18 Å². The van der Waals surface area contributed by atoms with Crippen LogP contribution in [0.25, 0.3) is 0 Å². The molecular formula is C15H27F3IN5. The van der Waals surface area contributed by atoms with Crippen molar-refractivity contribution in [2.75, 3.05) is 13.1 Å². The van der Waals surface area contributed by atoms with Crippen molar-refractivity contribution >= 4 is 29.9 Å². The van der Waals surface area contributed by atoms with E-state index in [0.717, 1.165) is 29.8 Å². The van der Waals surface area contributed by atoms with Crippen LogP contribution in [-0.4, -0.2) is 35.0 Å². The Morgan fingerprint density at radius 1 is 1.17 bits per heavy atom. The first-order chi connectivity index (χ1) is 10.8. The number of aliphatic imine (C=N–C) groups is 1. The monoisotopic (exact) mass is 461 g/mol.